The van der Waals surface area contributed by atoms with Gasteiger partial charge in [-0.3, -0.25) is 9.89 Å². The van der Waals surface area contributed by atoms with Gasteiger partial charge in [-0.2, -0.15) is 5.10 Å². The Labute approximate surface area is 115 Å². The maximum Gasteiger partial charge on any atom is 0.278 e. The van der Waals surface area contributed by atoms with Gasteiger partial charge in [-0.25, -0.2) is 4.39 Å². The highest BCUT2D eigenvalue weighted by Crippen LogP contribution is 2.42. The van der Waals surface area contributed by atoms with Crippen molar-refractivity contribution in [1.82, 2.24) is 10.2 Å². The fraction of sp³-hybridized carbons (Fsp3) is 0.286. The molecule has 0 radical (unpaired) electrons. The molecule has 0 aliphatic heterocycles. The smallest absolute Gasteiger partial charge is 0.278 e. The van der Waals surface area contributed by atoms with Crippen molar-refractivity contribution in [2.24, 2.45) is 0 Å². The van der Waals surface area contributed by atoms with Gasteiger partial charge in [-0.05, 0) is 43.5 Å². The third kappa shape index (κ3) is 2.24. The minimum absolute atomic E-state index is 0.189. The molecule has 6 heteroatoms. The Hall–Kier alpha value is -2.37. The number of amides is 1. The molecule has 1 aliphatic carbocycles. The molecule has 1 saturated carbocycles. The van der Waals surface area contributed by atoms with Crippen LogP contribution in [0.1, 0.15) is 40.5 Å². The monoisotopic (exact) mass is 274 g/mol. The summed E-state index contributed by atoms with van der Waals surface area (Å²) in [4.78, 5) is 12.1. The van der Waals surface area contributed by atoms with Gasteiger partial charge < -0.3 is 11.1 Å². The van der Waals surface area contributed by atoms with E-state index in [4.69, 9.17) is 5.73 Å². The van der Waals surface area contributed by atoms with Crippen LogP contribution in [-0.2, 0) is 0 Å². The van der Waals surface area contributed by atoms with Crippen molar-refractivity contribution in [2.45, 2.75) is 25.7 Å². The molecule has 1 aromatic carbocycles. The van der Waals surface area contributed by atoms with E-state index in [-0.39, 0.29) is 11.5 Å². The number of nitrogen functional groups attached to an aromatic ring is 1. The molecule has 0 spiro atoms. The van der Waals surface area contributed by atoms with Crippen LogP contribution < -0.4 is 11.1 Å². The maximum absolute atomic E-state index is 13.2. The molecule has 0 unspecified atom stereocenters. The van der Waals surface area contributed by atoms with Crippen LogP contribution in [0.3, 0.4) is 0 Å². The third-order valence-electron chi connectivity index (χ3n) is 3.45. The second-order valence-electron chi connectivity index (χ2n) is 5.09. The number of hydrogen-bond donors (Lipinski definition) is 3. The highest BCUT2D eigenvalue weighted by molar-refractivity contribution is 6.06. The number of carbonyl (C=O) groups is 1. The summed E-state index contributed by atoms with van der Waals surface area (Å²) in [6.45, 7) is 1.64. The summed E-state index contributed by atoms with van der Waals surface area (Å²) < 4.78 is 13.2. The van der Waals surface area contributed by atoms with Gasteiger partial charge in [-0.15, -0.1) is 0 Å². The van der Waals surface area contributed by atoms with Crippen LogP contribution in [-0.4, -0.2) is 16.1 Å². The number of aryl methyl sites for hydroxylation is 1. The number of rotatable bonds is 3. The van der Waals surface area contributed by atoms with E-state index in [9.17, 15) is 9.18 Å². The summed E-state index contributed by atoms with van der Waals surface area (Å²) >= 11 is 0. The normalized spacial score (nSPS) is 14.3. The van der Waals surface area contributed by atoms with Crippen molar-refractivity contribution < 1.29 is 9.18 Å². The molecule has 2 aromatic rings. The summed E-state index contributed by atoms with van der Waals surface area (Å²) in [5, 5.41) is 9.48. The SMILES string of the molecule is Cc1cc(NC(=O)c2n[nH]c(C3CC3)c2N)ccc1F. The molecule has 104 valence electrons. The van der Waals surface area contributed by atoms with E-state index in [1.807, 2.05) is 0 Å². The van der Waals surface area contributed by atoms with Crippen molar-refractivity contribution in [3.63, 3.8) is 0 Å². The molecule has 0 bridgehead atoms. The van der Waals surface area contributed by atoms with Crippen molar-refractivity contribution in [1.29, 1.82) is 0 Å². The zero-order valence-corrected chi connectivity index (χ0v) is 11.0. The Morgan fingerprint density at radius 2 is 2.25 bits per heavy atom. The molecule has 5 nitrogen and oxygen atoms in total. The van der Waals surface area contributed by atoms with Crippen LogP contribution in [0.15, 0.2) is 18.2 Å². The topological polar surface area (TPSA) is 83.8 Å². The number of aromatic nitrogens is 2. The van der Waals surface area contributed by atoms with Crippen LogP contribution in [0, 0.1) is 12.7 Å². The summed E-state index contributed by atoms with van der Waals surface area (Å²) in [5.41, 5.74) is 8.36. The van der Waals surface area contributed by atoms with Crippen molar-refractivity contribution in [3.05, 3.63) is 41.0 Å². The van der Waals surface area contributed by atoms with Gasteiger partial charge >= 0.3 is 0 Å². The Balaban J connectivity index is 1.80. The lowest BCUT2D eigenvalue weighted by atomic mass is 10.2. The molecular weight excluding hydrogens is 259 g/mol. The van der Waals surface area contributed by atoms with Crippen LogP contribution in [0.4, 0.5) is 15.8 Å². The molecule has 1 fully saturated rings. The maximum atomic E-state index is 13.2. The zero-order valence-electron chi connectivity index (χ0n) is 11.0. The molecule has 1 aromatic heterocycles. The highest BCUT2D eigenvalue weighted by Gasteiger charge is 2.30. The molecule has 0 atom stereocenters. The first-order valence-electron chi connectivity index (χ1n) is 6.47. The number of H-pyrrole nitrogens is 1. The van der Waals surface area contributed by atoms with Gasteiger partial charge in [0.15, 0.2) is 5.69 Å². The number of nitrogens with zero attached hydrogens (tertiary/aromatic N) is 1. The predicted octanol–water partition coefficient (Wildman–Crippen LogP) is 2.57. The van der Waals surface area contributed by atoms with E-state index >= 15 is 0 Å². The second kappa shape index (κ2) is 4.63. The van der Waals surface area contributed by atoms with Crippen LogP contribution >= 0.6 is 0 Å². The average molecular weight is 274 g/mol. The predicted molar refractivity (Wildman–Crippen MR) is 74.1 cm³/mol. The standard InChI is InChI=1S/C14H15FN4O/c1-7-6-9(4-5-10(7)15)17-14(20)13-11(16)12(18-19-13)8-2-3-8/h4-6,8H,2-3,16H2,1H3,(H,17,20)(H,18,19). The first kappa shape index (κ1) is 12.7. The molecule has 1 amide bonds. The van der Waals surface area contributed by atoms with Crippen molar-refractivity contribution in [2.75, 3.05) is 11.1 Å². The number of hydrogen-bond acceptors (Lipinski definition) is 3. The van der Waals surface area contributed by atoms with Crippen LogP contribution in [0.25, 0.3) is 0 Å². The van der Waals surface area contributed by atoms with Crippen molar-refractivity contribution >= 4 is 17.3 Å². The van der Waals surface area contributed by atoms with Gasteiger partial charge in [0.1, 0.15) is 5.82 Å². The highest BCUT2D eigenvalue weighted by atomic mass is 19.1. The van der Waals surface area contributed by atoms with Gasteiger partial charge in [0.2, 0.25) is 0 Å². The number of halogens is 1. The van der Waals surface area contributed by atoms with E-state index in [0.717, 1.165) is 18.5 Å². The number of carbonyl (C=O) groups excluding carboxylic acids is 1. The lowest BCUT2D eigenvalue weighted by Gasteiger charge is -2.05. The summed E-state index contributed by atoms with van der Waals surface area (Å²) in [6, 6.07) is 4.39. The lowest BCUT2D eigenvalue weighted by molar-refractivity contribution is 0.102. The Kier molecular flexibility index (Phi) is 2.93. The minimum atomic E-state index is -0.392. The van der Waals surface area contributed by atoms with Gasteiger partial charge in [-0.1, -0.05) is 0 Å². The fourth-order valence-electron chi connectivity index (χ4n) is 2.13. The lowest BCUT2D eigenvalue weighted by Crippen LogP contribution is -2.14. The van der Waals surface area contributed by atoms with Crippen LogP contribution in [0.2, 0.25) is 0 Å². The molecule has 1 heterocycles. The minimum Gasteiger partial charge on any atom is -0.395 e. The number of aromatic amines is 1. The Morgan fingerprint density at radius 3 is 2.90 bits per heavy atom. The second-order valence-corrected chi connectivity index (χ2v) is 5.09. The van der Waals surface area contributed by atoms with E-state index in [2.05, 4.69) is 15.5 Å². The van der Waals surface area contributed by atoms with E-state index in [1.54, 1.807) is 13.0 Å². The van der Waals surface area contributed by atoms with Gasteiger partial charge in [0, 0.05) is 11.6 Å². The van der Waals surface area contributed by atoms with E-state index < -0.39 is 5.91 Å². The van der Waals surface area contributed by atoms with Gasteiger partial charge in [0.25, 0.3) is 5.91 Å². The number of anilines is 2. The van der Waals surface area contributed by atoms with E-state index in [1.165, 1.54) is 12.1 Å². The Bertz CT molecular complexity index is 676. The summed E-state index contributed by atoms with van der Waals surface area (Å²) in [6.07, 6.45) is 2.15. The third-order valence-corrected chi connectivity index (χ3v) is 3.45. The number of benzene rings is 1. The summed E-state index contributed by atoms with van der Waals surface area (Å²) in [5.74, 6) is -0.299. The Morgan fingerprint density at radius 1 is 1.50 bits per heavy atom. The first-order chi connectivity index (χ1) is 9.56. The molecule has 0 saturated heterocycles. The van der Waals surface area contributed by atoms with Gasteiger partial charge in [0.05, 0.1) is 11.4 Å². The zero-order chi connectivity index (χ0) is 14.3. The molecule has 1 aliphatic rings. The van der Waals surface area contributed by atoms with E-state index in [0.29, 0.717) is 22.9 Å². The van der Waals surface area contributed by atoms with Crippen LogP contribution in [0.5, 0.6) is 0 Å². The first-order valence-corrected chi connectivity index (χ1v) is 6.47. The average Bonchev–Trinajstić information content (AvgIpc) is 3.17. The molecule has 4 N–H and O–H groups in total. The number of nitrogens with one attached hydrogen (secondary N) is 2. The molecule has 20 heavy (non-hydrogen) atoms. The molecular formula is C14H15FN4O. The summed E-state index contributed by atoms with van der Waals surface area (Å²) in [7, 11) is 0. The largest absolute Gasteiger partial charge is 0.395 e. The number of nitrogens with two attached hydrogens (primary N) is 1. The van der Waals surface area contributed by atoms with Crippen molar-refractivity contribution in [3.8, 4) is 0 Å². The fourth-order valence-corrected chi connectivity index (χ4v) is 2.13. The quantitative estimate of drug-likeness (QED) is 0.804. The molecule has 3 rings (SSSR count).